The highest BCUT2D eigenvalue weighted by Crippen LogP contribution is 2.33. The van der Waals surface area contributed by atoms with Gasteiger partial charge in [0, 0.05) is 5.56 Å². The Labute approximate surface area is 131 Å². The zero-order valence-corrected chi connectivity index (χ0v) is 11.8. The van der Waals surface area contributed by atoms with E-state index in [4.69, 9.17) is 4.74 Å². The van der Waals surface area contributed by atoms with Crippen LogP contribution in [0, 0.1) is 0 Å². The van der Waals surface area contributed by atoms with E-state index in [1.54, 1.807) is 0 Å². The van der Waals surface area contributed by atoms with Gasteiger partial charge in [0.05, 0.1) is 0 Å². The molecule has 0 aliphatic rings. The molecule has 23 heavy (non-hydrogen) atoms. The summed E-state index contributed by atoms with van der Waals surface area (Å²) in [5.74, 6) is -5.51. The van der Waals surface area contributed by atoms with Crippen LogP contribution in [-0.2, 0) is 9.59 Å². The summed E-state index contributed by atoms with van der Waals surface area (Å²) in [6, 6.07) is 11.1. The van der Waals surface area contributed by atoms with Crippen molar-refractivity contribution in [3.05, 3.63) is 54.1 Å². The fraction of sp³-hybridized carbons (Fsp3) is 0.125. The third-order valence-electron chi connectivity index (χ3n) is 3.20. The number of aromatic hydroxyl groups is 2. The van der Waals surface area contributed by atoms with Crippen LogP contribution in [0.1, 0.15) is 11.5 Å². The Morgan fingerprint density at radius 3 is 1.91 bits per heavy atom. The van der Waals surface area contributed by atoms with E-state index in [9.17, 15) is 30.0 Å². The lowest BCUT2D eigenvalue weighted by Gasteiger charge is -2.23. The summed E-state index contributed by atoms with van der Waals surface area (Å²) in [5, 5.41) is 38.2. The van der Waals surface area contributed by atoms with Gasteiger partial charge in [-0.25, -0.2) is 4.79 Å². The van der Waals surface area contributed by atoms with Gasteiger partial charge in [0.2, 0.25) is 6.10 Å². The maximum atomic E-state index is 11.6. The third kappa shape index (κ3) is 3.52. The van der Waals surface area contributed by atoms with E-state index in [0.29, 0.717) is 0 Å². The van der Waals surface area contributed by atoms with E-state index in [2.05, 4.69) is 0 Å². The van der Waals surface area contributed by atoms with Crippen molar-refractivity contribution in [1.29, 1.82) is 0 Å². The predicted octanol–water partition coefficient (Wildman–Crippen LogP) is 1.80. The molecule has 0 fully saturated rings. The molecule has 0 aliphatic heterocycles. The smallest absolute Gasteiger partial charge is 0.346 e. The van der Waals surface area contributed by atoms with Crippen molar-refractivity contribution < 1.29 is 34.8 Å². The topological polar surface area (TPSA) is 124 Å². The number of carbonyl (C=O) groups is 2. The van der Waals surface area contributed by atoms with Crippen LogP contribution in [0.3, 0.4) is 0 Å². The molecule has 2 atom stereocenters. The highest BCUT2D eigenvalue weighted by Gasteiger charge is 2.39. The van der Waals surface area contributed by atoms with Crippen molar-refractivity contribution in [2.24, 2.45) is 0 Å². The van der Waals surface area contributed by atoms with Crippen LogP contribution in [0.5, 0.6) is 17.2 Å². The van der Waals surface area contributed by atoms with Gasteiger partial charge in [-0.3, -0.25) is 4.79 Å². The normalized spacial score (nSPS) is 13.0. The lowest BCUT2D eigenvalue weighted by atomic mass is 9.92. The van der Waals surface area contributed by atoms with E-state index < -0.39 is 24.0 Å². The Hall–Kier alpha value is -3.22. The van der Waals surface area contributed by atoms with Gasteiger partial charge in [0.25, 0.3) is 0 Å². The van der Waals surface area contributed by atoms with Crippen LogP contribution < -0.4 is 4.74 Å². The molecule has 0 radical (unpaired) electrons. The average molecular weight is 318 g/mol. The van der Waals surface area contributed by atoms with Gasteiger partial charge in [-0.05, 0) is 18.2 Å². The molecular formula is C16H14O7. The summed E-state index contributed by atoms with van der Waals surface area (Å²) in [5.41, 5.74) is -0.0946. The van der Waals surface area contributed by atoms with Crippen molar-refractivity contribution in [3.8, 4) is 17.2 Å². The molecular weight excluding hydrogens is 304 g/mol. The van der Waals surface area contributed by atoms with Crippen molar-refractivity contribution in [2.75, 3.05) is 0 Å². The highest BCUT2D eigenvalue weighted by atomic mass is 16.5. The van der Waals surface area contributed by atoms with Crippen LogP contribution in [-0.4, -0.2) is 38.5 Å². The molecule has 2 aromatic rings. The maximum Gasteiger partial charge on any atom is 0.346 e. The maximum absolute atomic E-state index is 11.6. The largest absolute Gasteiger partial charge is 0.508 e. The summed E-state index contributed by atoms with van der Waals surface area (Å²) in [6.07, 6.45) is -1.84. The molecule has 0 aromatic heterocycles. The number of para-hydroxylation sites is 3. The molecule has 0 bridgehead atoms. The summed E-state index contributed by atoms with van der Waals surface area (Å²) in [4.78, 5) is 23.1. The highest BCUT2D eigenvalue weighted by molar-refractivity contribution is 5.87. The molecule has 0 spiro atoms. The summed E-state index contributed by atoms with van der Waals surface area (Å²) in [7, 11) is 0. The fourth-order valence-corrected chi connectivity index (χ4v) is 2.13. The average Bonchev–Trinajstić information content (AvgIpc) is 2.49. The number of carboxylic acid groups (broad SMARTS) is 2. The summed E-state index contributed by atoms with van der Waals surface area (Å²) in [6.45, 7) is 0. The molecule has 120 valence electrons. The summed E-state index contributed by atoms with van der Waals surface area (Å²) >= 11 is 0. The second kappa shape index (κ2) is 6.69. The summed E-state index contributed by atoms with van der Waals surface area (Å²) < 4.78 is 5.20. The first kappa shape index (κ1) is 16.2. The number of benzene rings is 2. The minimum absolute atomic E-state index is 0.0946. The minimum Gasteiger partial charge on any atom is -0.508 e. The zero-order chi connectivity index (χ0) is 17.0. The van der Waals surface area contributed by atoms with Crippen molar-refractivity contribution in [2.45, 2.75) is 12.0 Å². The number of rotatable bonds is 6. The first-order valence-electron chi connectivity index (χ1n) is 6.60. The standard InChI is InChI=1S/C16H14O7/c17-10-6-2-1-5-9(10)13(15(19)20)14(16(21)22)23-12-8-4-3-7-11(12)18/h1-8,13-14,17-18H,(H,19,20)(H,21,22). The van der Waals surface area contributed by atoms with Gasteiger partial charge in [0.1, 0.15) is 11.7 Å². The number of phenolic OH excluding ortho intramolecular Hbond substituents is 2. The molecule has 0 amide bonds. The molecule has 4 N–H and O–H groups in total. The van der Waals surface area contributed by atoms with Gasteiger partial charge < -0.3 is 25.2 Å². The first-order chi connectivity index (χ1) is 10.9. The van der Waals surface area contributed by atoms with Gasteiger partial charge >= 0.3 is 11.9 Å². The quantitative estimate of drug-likeness (QED) is 0.640. The second-order valence-corrected chi connectivity index (χ2v) is 4.72. The molecule has 2 aromatic carbocycles. The molecule has 2 unspecified atom stereocenters. The van der Waals surface area contributed by atoms with Gasteiger partial charge in [0.15, 0.2) is 11.5 Å². The number of hydrogen-bond donors (Lipinski definition) is 4. The van der Waals surface area contributed by atoms with Gasteiger partial charge in [-0.2, -0.15) is 0 Å². The zero-order valence-electron chi connectivity index (χ0n) is 11.8. The third-order valence-corrected chi connectivity index (χ3v) is 3.20. The van der Waals surface area contributed by atoms with Gasteiger partial charge in [-0.15, -0.1) is 0 Å². The fourth-order valence-electron chi connectivity index (χ4n) is 2.13. The molecule has 0 saturated heterocycles. The van der Waals surface area contributed by atoms with Crippen LogP contribution in [0.4, 0.5) is 0 Å². The number of carboxylic acids is 2. The molecule has 0 heterocycles. The Bertz CT molecular complexity index is 726. The molecule has 7 nitrogen and oxygen atoms in total. The van der Waals surface area contributed by atoms with Crippen LogP contribution in [0.25, 0.3) is 0 Å². The van der Waals surface area contributed by atoms with E-state index in [1.807, 2.05) is 0 Å². The molecule has 7 heteroatoms. The lowest BCUT2D eigenvalue weighted by Crippen LogP contribution is -2.38. The minimum atomic E-state index is -1.84. The van der Waals surface area contributed by atoms with Crippen molar-refractivity contribution in [1.82, 2.24) is 0 Å². The monoisotopic (exact) mass is 318 g/mol. The number of ether oxygens (including phenoxy) is 1. The molecule has 2 rings (SSSR count). The van der Waals surface area contributed by atoms with E-state index in [1.165, 1.54) is 48.5 Å². The van der Waals surface area contributed by atoms with Crippen LogP contribution in [0.2, 0.25) is 0 Å². The van der Waals surface area contributed by atoms with Crippen LogP contribution in [0.15, 0.2) is 48.5 Å². The predicted molar refractivity (Wildman–Crippen MR) is 78.6 cm³/mol. The Morgan fingerprint density at radius 1 is 0.826 bits per heavy atom. The number of aliphatic carboxylic acids is 2. The van der Waals surface area contributed by atoms with E-state index >= 15 is 0 Å². The second-order valence-electron chi connectivity index (χ2n) is 4.72. The first-order valence-corrected chi connectivity index (χ1v) is 6.60. The van der Waals surface area contributed by atoms with E-state index in [-0.39, 0.29) is 22.8 Å². The van der Waals surface area contributed by atoms with E-state index in [0.717, 1.165) is 0 Å². The SMILES string of the molecule is O=C(O)C(Oc1ccccc1O)C(C(=O)O)c1ccccc1O. The number of phenols is 2. The Morgan fingerprint density at radius 2 is 1.39 bits per heavy atom. The lowest BCUT2D eigenvalue weighted by molar-refractivity contribution is -0.153. The van der Waals surface area contributed by atoms with Crippen molar-refractivity contribution in [3.63, 3.8) is 0 Å². The van der Waals surface area contributed by atoms with Crippen LogP contribution >= 0.6 is 0 Å². The number of hydrogen-bond acceptors (Lipinski definition) is 5. The Kier molecular flexibility index (Phi) is 4.70. The molecule has 0 saturated carbocycles. The molecule has 0 aliphatic carbocycles. The Balaban J connectivity index is 2.45. The van der Waals surface area contributed by atoms with Crippen molar-refractivity contribution >= 4 is 11.9 Å². The van der Waals surface area contributed by atoms with Gasteiger partial charge in [-0.1, -0.05) is 30.3 Å².